The second-order valence-corrected chi connectivity index (χ2v) is 8.09. The number of rotatable bonds is 4. The SMILES string of the molecule is Cc1cnc(-c2ncccn2)c2[nH]cc(C(=O)C(=O)N3CCN(C(=O)c4ccccc4)CC3)c12. The molecule has 9 heteroatoms. The Morgan fingerprint density at radius 1 is 0.882 bits per heavy atom. The van der Waals surface area contributed by atoms with Crippen LogP contribution in [0.1, 0.15) is 26.3 Å². The predicted octanol–water partition coefficient (Wildman–Crippen LogP) is 2.50. The Balaban J connectivity index is 1.35. The summed E-state index contributed by atoms with van der Waals surface area (Å²) in [6, 6.07) is 10.7. The van der Waals surface area contributed by atoms with Crippen LogP contribution >= 0.6 is 0 Å². The highest BCUT2D eigenvalue weighted by molar-refractivity contribution is 6.45. The fourth-order valence-corrected chi connectivity index (χ4v) is 4.21. The maximum Gasteiger partial charge on any atom is 0.295 e. The van der Waals surface area contributed by atoms with Gasteiger partial charge in [-0.1, -0.05) is 18.2 Å². The summed E-state index contributed by atoms with van der Waals surface area (Å²) in [4.78, 5) is 58.2. The van der Waals surface area contributed by atoms with Crippen LogP contribution in [0.2, 0.25) is 0 Å². The van der Waals surface area contributed by atoms with Gasteiger partial charge < -0.3 is 14.8 Å². The fourth-order valence-electron chi connectivity index (χ4n) is 4.21. The fraction of sp³-hybridized carbons (Fsp3) is 0.200. The van der Waals surface area contributed by atoms with Crippen LogP contribution in [0.15, 0.2) is 61.2 Å². The largest absolute Gasteiger partial charge is 0.359 e. The van der Waals surface area contributed by atoms with Crippen molar-refractivity contribution in [2.75, 3.05) is 26.2 Å². The number of H-pyrrole nitrogens is 1. The van der Waals surface area contributed by atoms with Gasteiger partial charge in [0.1, 0.15) is 5.69 Å². The van der Waals surface area contributed by atoms with Gasteiger partial charge in [0.15, 0.2) is 5.82 Å². The zero-order chi connectivity index (χ0) is 23.7. The van der Waals surface area contributed by atoms with Crippen molar-refractivity contribution in [3.05, 3.63) is 77.9 Å². The minimum atomic E-state index is -0.594. The lowest BCUT2D eigenvalue weighted by molar-refractivity contribution is -0.127. The zero-order valence-electron chi connectivity index (χ0n) is 18.6. The Bertz CT molecular complexity index is 1380. The summed E-state index contributed by atoms with van der Waals surface area (Å²) in [5, 5.41) is 0.633. The van der Waals surface area contributed by atoms with Crippen LogP contribution in [-0.2, 0) is 4.79 Å². The molecule has 4 heterocycles. The van der Waals surface area contributed by atoms with E-state index >= 15 is 0 Å². The number of carbonyl (C=O) groups excluding carboxylic acids is 3. The standard InChI is InChI=1S/C25H22N6O3/c1-16-14-28-21(23-26-8-5-9-27-23)20-19(16)18(15-29-20)22(32)25(34)31-12-10-30(11-13-31)24(33)17-6-3-2-4-7-17/h2-9,14-15,29H,10-13H2,1H3. The number of nitrogens with zero attached hydrogens (tertiary/aromatic N) is 5. The molecule has 170 valence electrons. The minimum absolute atomic E-state index is 0.0746. The molecule has 1 aliphatic rings. The van der Waals surface area contributed by atoms with E-state index in [1.54, 1.807) is 47.9 Å². The molecule has 0 radical (unpaired) electrons. The lowest BCUT2D eigenvalue weighted by Gasteiger charge is -2.34. The topological polar surface area (TPSA) is 112 Å². The van der Waals surface area contributed by atoms with E-state index in [0.29, 0.717) is 59.7 Å². The van der Waals surface area contributed by atoms with Crippen LogP contribution in [0, 0.1) is 6.92 Å². The summed E-state index contributed by atoms with van der Waals surface area (Å²) < 4.78 is 0. The van der Waals surface area contributed by atoms with Crippen LogP contribution in [0.5, 0.6) is 0 Å². The van der Waals surface area contributed by atoms with Crippen molar-refractivity contribution < 1.29 is 14.4 Å². The van der Waals surface area contributed by atoms with Crippen molar-refractivity contribution in [1.82, 2.24) is 29.7 Å². The average Bonchev–Trinajstić information content (AvgIpc) is 3.35. The Kier molecular flexibility index (Phi) is 5.59. The Labute approximate surface area is 195 Å². The molecular formula is C25H22N6O3. The Morgan fingerprint density at radius 2 is 1.56 bits per heavy atom. The summed E-state index contributed by atoms with van der Waals surface area (Å²) in [6.07, 6.45) is 6.44. The third-order valence-corrected chi connectivity index (χ3v) is 5.99. The summed E-state index contributed by atoms with van der Waals surface area (Å²) >= 11 is 0. The number of hydrogen-bond donors (Lipinski definition) is 1. The number of aromatic amines is 1. The highest BCUT2D eigenvalue weighted by Gasteiger charge is 2.31. The molecule has 3 aromatic heterocycles. The number of fused-ring (bicyclic) bond motifs is 1. The van der Waals surface area contributed by atoms with E-state index in [1.807, 2.05) is 25.1 Å². The third-order valence-electron chi connectivity index (χ3n) is 5.99. The lowest BCUT2D eigenvalue weighted by Crippen LogP contribution is -2.52. The minimum Gasteiger partial charge on any atom is -0.359 e. The molecule has 2 amide bonds. The molecule has 0 atom stereocenters. The molecule has 1 N–H and O–H groups in total. The van der Waals surface area contributed by atoms with E-state index in [9.17, 15) is 14.4 Å². The molecular weight excluding hydrogens is 432 g/mol. The number of piperazine rings is 1. The predicted molar refractivity (Wildman–Crippen MR) is 125 cm³/mol. The maximum absolute atomic E-state index is 13.2. The normalized spacial score (nSPS) is 13.8. The molecule has 4 aromatic rings. The van der Waals surface area contributed by atoms with Gasteiger partial charge in [-0.05, 0) is 30.7 Å². The van der Waals surface area contributed by atoms with E-state index in [2.05, 4.69) is 19.9 Å². The molecule has 1 aromatic carbocycles. The third kappa shape index (κ3) is 3.81. The lowest BCUT2D eigenvalue weighted by atomic mass is 10.0. The first kappa shape index (κ1) is 21.4. The summed E-state index contributed by atoms with van der Waals surface area (Å²) in [7, 11) is 0. The molecule has 0 unspecified atom stereocenters. The maximum atomic E-state index is 13.2. The van der Waals surface area contributed by atoms with Gasteiger partial charge in [-0.25, -0.2) is 9.97 Å². The van der Waals surface area contributed by atoms with Crippen LogP contribution < -0.4 is 0 Å². The molecule has 1 aliphatic heterocycles. The van der Waals surface area contributed by atoms with Crippen LogP contribution in [-0.4, -0.2) is 73.5 Å². The number of ketones is 1. The quantitative estimate of drug-likeness (QED) is 0.375. The Hall–Kier alpha value is -4.40. The molecule has 0 aliphatic carbocycles. The summed E-state index contributed by atoms with van der Waals surface area (Å²) in [5.41, 5.74) is 2.80. The van der Waals surface area contributed by atoms with Crippen LogP contribution in [0.25, 0.3) is 22.4 Å². The van der Waals surface area contributed by atoms with E-state index in [4.69, 9.17) is 0 Å². The number of benzene rings is 1. The number of Topliss-reactive ketones (excluding diaryl/α,β-unsaturated/α-hetero) is 1. The summed E-state index contributed by atoms with van der Waals surface area (Å²) in [5.74, 6) is -0.821. The van der Waals surface area contributed by atoms with Gasteiger partial charge in [0.25, 0.3) is 17.6 Å². The first-order valence-corrected chi connectivity index (χ1v) is 11.0. The van der Waals surface area contributed by atoms with Crippen molar-refractivity contribution in [1.29, 1.82) is 0 Å². The van der Waals surface area contributed by atoms with Gasteiger partial charge >= 0.3 is 0 Å². The van der Waals surface area contributed by atoms with Gasteiger partial charge in [0.2, 0.25) is 0 Å². The average molecular weight is 454 g/mol. The van der Waals surface area contributed by atoms with Crippen molar-refractivity contribution in [2.24, 2.45) is 0 Å². The van der Waals surface area contributed by atoms with Crippen molar-refractivity contribution in [2.45, 2.75) is 6.92 Å². The number of aryl methyl sites for hydroxylation is 1. The second kappa shape index (κ2) is 8.86. The van der Waals surface area contributed by atoms with Crippen molar-refractivity contribution >= 4 is 28.5 Å². The van der Waals surface area contributed by atoms with Gasteiger partial charge in [-0.15, -0.1) is 0 Å². The molecule has 1 fully saturated rings. The van der Waals surface area contributed by atoms with Crippen molar-refractivity contribution in [3.8, 4) is 11.5 Å². The molecule has 0 bridgehead atoms. The van der Waals surface area contributed by atoms with E-state index in [0.717, 1.165) is 5.56 Å². The van der Waals surface area contributed by atoms with Gasteiger partial charge in [0, 0.05) is 61.9 Å². The van der Waals surface area contributed by atoms with Gasteiger partial charge in [-0.3, -0.25) is 19.4 Å². The van der Waals surface area contributed by atoms with Crippen LogP contribution in [0.4, 0.5) is 0 Å². The molecule has 1 saturated heterocycles. The monoisotopic (exact) mass is 454 g/mol. The van der Waals surface area contributed by atoms with E-state index in [1.165, 1.54) is 4.90 Å². The number of amides is 2. The van der Waals surface area contributed by atoms with E-state index in [-0.39, 0.29) is 5.91 Å². The molecule has 5 rings (SSSR count). The van der Waals surface area contributed by atoms with Gasteiger partial charge in [0.05, 0.1) is 11.1 Å². The number of aromatic nitrogens is 4. The second-order valence-electron chi connectivity index (χ2n) is 8.09. The highest BCUT2D eigenvalue weighted by atomic mass is 16.2. The zero-order valence-corrected chi connectivity index (χ0v) is 18.6. The smallest absolute Gasteiger partial charge is 0.295 e. The molecule has 0 spiro atoms. The molecule has 9 nitrogen and oxygen atoms in total. The first-order valence-electron chi connectivity index (χ1n) is 11.0. The van der Waals surface area contributed by atoms with Crippen LogP contribution in [0.3, 0.4) is 0 Å². The summed E-state index contributed by atoms with van der Waals surface area (Å²) in [6.45, 7) is 3.19. The first-order chi connectivity index (χ1) is 16.5. The number of carbonyl (C=O) groups is 3. The number of pyridine rings is 1. The van der Waals surface area contributed by atoms with Crippen molar-refractivity contribution in [3.63, 3.8) is 0 Å². The number of hydrogen-bond acceptors (Lipinski definition) is 6. The highest BCUT2D eigenvalue weighted by Crippen LogP contribution is 2.29. The molecule has 0 saturated carbocycles. The van der Waals surface area contributed by atoms with E-state index < -0.39 is 11.7 Å². The molecule has 34 heavy (non-hydrogen) atoms. The number of nitrogens with one attached hydrogen (secondary N) is 1. The van der Waals surface area contributed by atoms with Gasteiger partial charge in [-0.2, -0.15) is 0 Å². The Morgan fingerprint density at radius 3 is 2.26 bits per heavy atom.